The molecule has 0 saturated carbocycles. The van der Waals surface area contributed by atoms with E-state index in [4.69, 9.17) is 0 Å². The molecule has 0 bridgehead atoms. The largest absolute Gasteiger partial charge is 0.299 e. The van der Waals surface area contributed by atoms with Crippen LogP contribution in [0.3, 0.4) is 0 Å². The molecular formula is C14H13N5O2S2. The quantitative estimate of drug-likeness (QED) is 0.763. The molecule has 0 aliphatic carbocycles. The summed E-state index contributed by atoms with van der Waals surface area (Å²) in [7, 11) is 0. The summed E-state index contributed by atoms with van der Waals surface area (Å²) >= 11 is 2.84. The van der Waals surface area contributed by atoms with Crippen LogP contribution in [0.2, 0.25) is 0 Å². The maximum atomic E-state index is 12.1. The molecule has 0 fully saturated rings. The van der Waals surface area contributed by atoms with E-state index < -0.39 is 0 Å². The fraction of sp³-hybridized carbons (Fsp3) is 0.214. The van der Waals surface area contributed by atoms with Crippen molar-refractivity contribution < 1.29 is 4.79 Å². The van der Waals surface area contributed by atoms with E-state index in [-0.39, 0.29) is 18.0 Å². The van der Waals surface area contributed by atoms with Crippen molar-refractivity contribution in [2.24, 2.45) is 0 Å². The van der Waals surface area contributed by atoms with Gasteiger partial charge in [-0.05, 0) is 23.9 Å². The van der Waals surface area contributed by atoms with Gasteiger partial charge >= 0.3 is 0 Å². The molecule has 118 valence electrons. The summed E-state index contributed by atoms with van der Waals surface area (Å²) in [4.78, 5) is 24.9. The van der Waals surface area contributed by atoms with Crippen LogP contribution in [0.1, 0.15) is 11.9 Å². The van der Waals surface area contributed by atoms with E-state index in [0.29, 0.717) is 10.8 Å². The molecule has 0 aromatic carbocycles. The number of rotatable bonds is 5. The van der Waals surface area contributed by atoms with Gasteiger partial charge in [0, 0.05) is 6.07 Å². The molecule has 3 aromatic rings. The van der Waals surface area contributed by atoms with Gasteiger partial charge in [0.15, 0.2) is 0 Å². The van der Waals surface area contributed by atoms with E-state index >= 15 is 0 Å². The van der Waals surface area contributed by atoms with Gasteiger partial charge in [-0.2, -0.15) is 5.10 Å². The Bertz CT molecular complexity index is 869. The van der Waals surface area contributed by atoms with Gasteiger partial charge in [-0.3, -0.25) is 14.9 Å². The molecule has 0 saturated heterocycles. The Morgan fingerprint density at radius 2 is 2.17 bits per heavy atom. The highest BCUT2D eigenvalue weighted by Gasteiger charge is 2.11. The minimum atomic E-state index is -0.360. The first kappa shape index (κ1) is 15.5. The van der Waals surface area contributed by atoms with E-state index in [2.05, 4.69) is 20.6 Å². The van der Waals surface area contributed by atoms with Gasteiger partial charge in [-0.15, -0.1) is 21.5 Å². The van der Waals surface area contributed by atoms with Crippen molar-refractivity contribution in [1.82, 2.24) is 20.0 Å². The van der Waals surface area contributed by atoms with Crippen molar-refractivity contribution in [3.8, 4) is 10.6 Å². The highest BCUT2D eigenvalue weighted by atomic mass is 32.1. The highest BCUT2D eigenvalue weighted by molar-refractivity contribution is 7.15. The molecule has 3 heterocycles. The average Bonchev–Trinajstić information content (AvgIpc) is 3.20. The molecule has 3 rings (SSSR count). The van der Waals surface area contributed by atoms with Crippen molar-refractivity contribution in [2.75, 3.05) is 5.32 Å². The van der Waals surface area contributed by atoms with Crippen molar-refractivity contribution in [2.45, 2.75) is 19.9 Å². The van der Waals surface area contributed by atoms with Gasteiger partial charge in [0.2, 0.25) is 11.0 Å². The third-order valence-electron chi connectivity index (χ3n) is 2.95. The summed E-state index contributed by atoms with van der Waals surface area (Å²) in [5.41, 5.74) is 0.337. The van der Waals surface area contributed by atoms with Crippen LogP contribution >= 0.6 is 22.7 Å². The molecule has 0 aliphatic heterocycles. The van der Waals surface area contributed by atoms with Gasteiger partial charge in [0.1, 0.15) is 17.2 Å². The summed E-state index contributed by atoms with van der Waals surface area (Å²) in [5.74, 6) is -0.360. The number of amides is 1. The second kappa shape index (κ2) is 6.80. The zero-order valence-corrected chi connectivity index (χ0v) is 13.9. The van der Waals surface area contributed by atoms with Crippen LogP contribution in [0.15, 0.2) is 34.4 Å². The van der Waals surface area contributed by atoms with Gasteiger partial charge < -0.3 is 0 Å². The normalized spacial score (nSPS) is 10.7. The van der Waals surface area contributed by atoms with Crippen molar-refractivity contribution >= 4 is 33.7 Å². The number of carbonyl (C=O) groups excluding carboxylic acids is 1. The maximum Gasteiger partial charge on any atom is 0.267 e. The summed E-state index contributed by atoms with van der Waals surface area (Å²) in [6.07, 6.45) is 0.761. The number of thiophene rings is 1. The van der Waals surface area contributed by atoms with E-state index in [1.807, 2.05) is 24.4 Å². The molecule has 1 N–H and O–H groups in total. The van der Waals surface area contributed by atoms with E-state index in [1.54, 1.807) is 6.07 Å². The molecule has 0 spiro atoms. The molecule has 0 atom stereocenters. The number of nitrogens with one attached hydrogen (secondary N) is 1. The molecule has 0 unspecified atom stereocenters. The Morgan fingerprint density at radius 1 is 1.30 bits per heavy atom. The van der Waals surface area contributed by atoms with Gasteiger partial charge in [0.25, 0.3) is 5.56 Å². The summed E-state index contributed by atoms with van der Waals surface area (Å²) in [6.45, 7) is 1.80. The number of nitrogens with zero attached hydrogens (tertiary/aromatic N) is 4. The lowest BCUT2D eigenvalue weighted by Gasteiger charge is -2.05. The fourth-order valence-corrected chi connectivity index (χ4v) is 3.25. The molecule has 0 radical (unpaired) electrons. The fourth-order valence-electron chi connectivity index (χ4n) is 1.86. The topological polar surface area (TPSA) is 89.8 Å². The number of carbonyl (C=O) groups is 1. The second-order valence-corrected chi connectivity index (χ2v) is 6.60. The minimum Gasteiger partial charge on any atom is -0.299 e. The molecule has 7 nitrogen and oxygen atoms in total. The Labute approximate surface area is 139 Å². The van der Waals surface area contributed by atoms with Crippen molar-refractivity contribution in [3.05, 3.63) is 45.0 Å². The maximum absolute atomic E-state index is 12.1. The Kier molecular flexibility index (Phi) is 4.58. The van der Waals surface area contributed by atoms with Crippen LogP contribution in [0.5, 0.6) is 0 Å². The Hall–Kier alpha value is -2.39. The Morgan fingerprint density at radius 3 is 2.87 bits per heavy atom. The van der Waals surface area contributed by atoms with Gasteiger partial charge in [-0.1, -0.05) is 24.3 Å². The lowest BCUT2D eigenvalue weighted by atomic mass is 10.3. The summed E-state index contributed by atoms with van der Waals surface area (Å²) in [6, 6.07) is 6.89. The number of aryl methyl sites for hydroxylation is 1. The Balaban J connectivity index is 1.75. The number of hydrogen-bond donors (Lipinski definition) is 1. The van der Waals surface area contributed by atoms with E-state index in [1.165, 1.54) is 28.7 Å². The standard InChI is InChI=1S/C14H13N5O2S2/c1-2-12-16-17-14(23-12)15-11(20)8-19-13(21)6-5-9(18-19)10-4-3-7-22-10/h3-7H,2,8H2,1H3,(H,15,17,20). The summed E-state index contributed by atoms with van der Waals surface area (Å²) in [5, 5.41) is 17.9. The first-order chi connectivity index (χ1) is 11.2. The van der Waals surface area contributed by atoms with Gasteiger partial charge in [-0.25, -0.2) is 4.68 Å². The van der Waals surface area contributed by atoms with Crippen molar-refractivity contribution in [1.29, 1.82) is 0 Å². The first-order valence-corrected chi connectivity index (χ1v) is 8.59. The highest BCUT2D eigenvalue weighted by Crippen LogP contribution is 2.21. The summed E-state index contributed by atoms with van der Waals surface area (Å²) < 4.78 is 1.14. The SMILES string of the molecule is CCc1nnc(NC(=O)Cn2nc(-c3cccs3)ccc2=O)s1. The predicted octanol–water partition coefficient (Wildman–Crippen LogP) is 2.02. The molecule has 3 aromatic heterocycles. The van der Waals surface area contributed by atoms with Crippen LogP contribution in [-0.2, 0) is 17.8 Å². The minimum absolute atomic E-state index is 0.168. The smallest absolute Gasteiger partial charge is 0.267 e. The first-order valence-electron chi connectivity index (χ1n) is 6.90. The number of anilines is 1. The van der Waals surface area contributed by atoms with Gasteiger partial charge in [0.05, 0.1) is 4.88 Å². The zero-order chi connectivity index (χ0) is 16.2. The molecule has 0 aliphatic rings. The van der Waals surface area contributed by atoms with Crippen LogP contribution in [-0.4, -0.2) is 25.9 Å². The van der Waals surface area contributed by atoms with E-state index in [0.717, 1.165) is 21.0 Å². The van der Waals surface area contributed by atoms with Crippen molar-refractivity contribution in [3.63, 3.8) is 0 Å². The van der Waals surface area contributed by atoms with Crippen LogP contribution < -0.4 is 10.9 Å². The lowest BCUT2D eigenvalue weighted by molar-refractivity contribution is -0.117. The number of aromatic nitrogens is 4. The zero-order valence-electron chi connectivity index (χ0n) is 12.2. The molecular weight excluding hydrogens is 334 g/mol. The third-order valence-corrected chi connectivity index (χ3v) is 4.82. The molecule has 23 heavy (non-hydrogen) atoms. The average molecular weight is 347 g/mol. The van der Waals surface area contributed by atoms with Crippen LogP contribution in [0.4, 0.5) is 5.13 Å². The van der Waals surface area contributed by atoms with Crippen LogP contribution in [0, 0.1) is 0 Å². The molecule has 9 heteroatoms. The predicted molar refractivity (Wildman–Crippen MR) is 89.7 cm³/mol. The second-order valence-electron chi connectivity index (χ2n) is 4.59. The van der Waals surface area contributed by atoms with Crippen LogP contribution in [0.25, 0.3) is 10.6 Å². The molecule has 1 amide bonds. The lowest BCUT2D eigenvalue weighted by Crippen LogP contribution is -2.29. The monoisotopic (exact) mass is 347 g/mol. The van der Waals surface area contributed by atoms with E-state index in [9.17, 15) is 9.59 Å². The third kappa shape index (κ3) is 3.69. The number of hydrogen-bond acceptors (Lipinski definition) is 7.